The zero-order chi connectivity index (χ0) is 19.7. The van der Waals surface area contributed by atoms with Gasteiger partial charge >= 0.3 is 0 Å². The first kappa shape index (κ1) is 18.4. The van der Waals surface area contributed by atoms with Gasteiger partial charge in [-0.15, -0.1) is 0 Å². The Labute approximate surface area is 167 Å². The van der Waals surface area contributed by atoms with Gasteiger partial charge in [-0.3, -0.25) is 14.9 Å². The molecule has 0 radical (unpaired) electrons. The summed E-state index contributed by atoms with van der Waals surface area (Å²) >= 11 is 1.41. The zero-order valence-corrected chi connectivity index (χ0v) is 16.6. The fraction of sp³-hybridized carbons (Fsp3) is 0.300. The maximum atomic E-state index is 12.7. The number of hydrogen-bond donors (Lipinski definition) is 1. The minimum absolute atomic E-state index is 0.176. The Bertz CT molecular complexity index is 1040. The van der Waals surface area contributed by atoms with Gasteiger partial charge in [-0.25, -0.2) is 9.97 Å². The normalized spacial score (nSPS) is 13.9. The lowest BCUT2D eigenvalue weighted by atomic mass is 10.1. The molecule has 2 amide bonds. The summed E-state index contributed by atoms with van der Waals surface area (Å²) in [6, 6.07) is 7.39. The molecule has 28 heavy (non-hydrogen) atoms. The van der Waals surface area contributed by atoms with E-state index in [1.54, 1.807) is 12.3 Å². The van der Waals surface area contributed by atoms with Crippen LogP contribution in [0.2, 0.25) is 0 Å². The van der Waals surface area contributed by atoms with Gasteiger partial charge in [0.2, 0.25) is 5.91 Å². The van der Waals surface area contributed by atoms with Crippen molar-refractivity contribution in [3.63, 3.8) is 0 Å². The molecule has 0 bridgehead atoms. The molecule has 1 aliphatic heterocycles. The fourth-order valence-electron chi connectivity index (χ4n) is 3.31. The summed E-state index contributed by atoms with van der Waals surface area (Å²) in [5.74, 6) is 0.789. The number of likely N-dealkylation sites (tertiary alicyclic amines) is 1. The highest BCUT2D eigenvalue weighted by Crippen LogP contribution is 2.31. The Balaban J connectivity index is 1.49. The predicted molar refractivity (Wildman–Crippen MR) is 108 cm³/mol. The van der Waals surface area contributed by atoms with Crippen LogP contribution in [0.3, 0.4) is 0 Å². The van der Waals surface area contributed by atoms with Crippen LogP contribution in [0, 0.1) is 6.92 Å². The average Bonchev–Trinajstić information content (AvgIpc) is 3.36. The van der Waals surface area contributed by atoms with Crippen LogP contribution in [0.25, 0.3) is 10.7 Å². The third-order valence-corrected chi connectivity index (χ3v) is 5.84. The van der Waals surface area contributed by atoms with Crippen LogP contribution in [0.1, 0.15) is 34.5 Å². The third kappa shape index (κ3) is 3.68. The van der Waals surface area contributed by atoms with Crippen molar-refractivity contribution in [3.05, 3.63) is 53.5 Å². The summed E-state index contributed by atoms with van der Waals surface area (Å²) in [6.45, 7) is 3.23. The second kappa shape index (κ2) is 7.55. The van der Waals surface area contributed by atoms with E-state index in [0.717, 1.165) is 34.9 Å². The molecule has 8 heteroatoms. The highest BCUT2D eigenvalue weighted by Gasteiger charge is 2.20. The first-order valence-electron chi connectivity index (χ1n) is 9.14. The van der Waals surface area contributed by atoms with E-state index in [1.807, 2.05) is 47.8 Å². The molecule has 0 aliphatic carbocycles. The molecule has 144 valence electrons. The van der Waals surface area contributed by atoms with Gasteiger partial charge in [-0.1, -0.05) is 23.5 Å². The molecule has 0 saturated carbocycles. The molecule has 1 saturated heterocycles. The number of anilines is 1. The van der Waals surface area contributed by atoms with Crippen molar-refractivity contribution in [1.29, 1.82) is 0 Å². The second-order valence-electron chi connectivity index (χ2n) is 6.87. The van der Waals surface area contributed by atoms with Crippen LogP contribution in [0.5, 0.6) is 0 Å². The number of aryl methyl sites for hydroxylation is 2. The Kier molecular flexibility index (Phi) is 4.95. The lowest BCUT2D eigenvalue weighted by Crippen LogP contribution is -2.24. The number of carbonyl (C=O) groups excluding carboxylic acids is 2. The van der Waals surface area contributed by atoms with E-state index < -0.39 is 0 Å². The number of amides is 2. The van der Waals surface area contributed by atoms with Gasteiger partial charge in [-0.05, 0) is 31.0 Å². The SMILES string of the molecule is Cc1nc(NC(=O)c2cccc(CN3CCCC3=O)c2)sc1-c1nccn1C. The lowest BCUT2D eigenvalue weighted by Gasteiger charge is -2.15. The van der Waals surface area contributed by atoms with Crippen LogP contribution in [0.4, 0.5) is 5.13 Å². The Hall–Kier alpha value is -3.00. The summed E-state index contributed by atoms with van der Waals surface area (Å²) in [6.07, 6.45) is 5.13. The number of benzene rings is 1. The molecule has 1 aliphatic rings. The van der Waals surface area contributed by atoms with Crippen molar-refractivity contribution in [3.8, 4) is 10.7 Å². The highest BCUT2D eigenvalue weighted by molar-refractivity contribution is 7.19. The van der Waals surface area contributed by atoms with E-state index in [1.165, 1.54) is 11.3 Å². The second-order valence-corrected chi connectivity index (χ2v) is 7.87. The van der Waals surface area contributed by atoms with E-state index in [4.69, 9.17) is 0 Å². The van der Waals surface area contributed by atoms with Crippen LogP contribution < -0.4 is 5.32 Å². The Morgan fingerprint density at radius 3 is 2.93 bits per heavy atom. The molecule has 4 rings (SSSR count). The number of imidazole rings is 1. The molecule has 3 heterocycles. The maximum Gasteiger partial charge on any atom is 0.257 e. The minimum atomic E-state index is -0.213. The van der Waals surface area contributed by atoms with Gasteiger partial charge in [-0.2, -0.15) is 0 Å². The van der Waals surface area contributed by atoms with Gasteiger partial charge in [0.15, 0.2) is 11.0 Å². The summed E-state index contributed by atoms with van der Waals surface area (Å²) in [4.78, 5) is 36.1. The van der Waals surface area contributed by atoms with Gasteiger partial charge in [0.1, 0.15) is 0 Å². The summed E-state index contributed by atoms with van der Waals surface area (Å²) in [5.41, 5.74) is 2.33. The number of nitrogens with one attached hydrogen (secondary N) is 1. The van der Waals surface area contributed by atoms with Crippen LogP contribution in [-0.4, -0.2) is 37.8 Å². The van der Waals surface area contributed by atoms with Crippen molar-refractivity contribution in [1.82, 2.24) is 19.4 Å². The molecule has 2 aromatic heterocycles. The van der Waals surface area contributed by atoms with E-state index >= 15 is 0 Å². The topological polar surface area (TPSA) is 80.1 Å². The van der Waals surface area contributed by atoms with E-state index in [9.17, 15) is 9.59 Å². The first-order chi connectivity index (χ1) is 13.5. The molecule has 1 aromatic carbocycles. The monoisotopic (exact) mass is 395 g/mol. The largest absolute Gasteiger partial charge is 0.338 e. The molecule has 0 unspecified atom stereocenters. The molecule has 3 aromatic rings. The van der Waals surface area contributed by atoms with Gasteiger partial charge in [0, 0.05) is 44.5 Å². The number of aromatic nitrogens is 3. The molecular formula is C20H21N5O2S. The molecule has 0 spiro atoms. The van der Waals surface area contributed by atoms with Crippen molar-refractivity contribution in [2.75, 3.05) is 11.9 Å². The minimum Gasteiger partial charge on any atom is -0.338 e. The Morgan fingerprint density at radius 2 is 2.21 bits per heavy atom. The first-order valence-corrected chi connectivity index (χ1v) is 9.96. The quantitative estimate of drug-likeness (QED) is 0.719. The highest BCUT2D eigenvalue weighted by atomic mass is 32.1. The fourth-order valence-corrected chi connectivity index (χ4v) is 4.31. The van der Waals surface area contributed by atoms with Crippen molar-refractivity contribution in [2.24, 2.45) is 7.05 Å². The summed E-state index contributed by atoms with van der Waals surface area (Å²) in [5, 5.41) is 3.42. The van der Waals surface area contributed by atoms with Crippen LogP contribution >= 0.6 is 11.3 Å². The van der Waals surface area contributed by atoms with E-state index in [0.29, 0.717) is 23.7 Å². The molecular weight excluding hydrogens is 374 g/mol. The number of thiazole rings is 1. The summed E-state index contributed by atoms with van der Waals surface area (Å²) < 4.78 is 1.93. The van der Waals surface area contributed by atoms with Crippen molar-refractivity contribution in [2.45, 2.75) is 26.3 Å². The Morgan fingerprint density at radius 1 is 1.36 bits per heavy atom. The smallest absolute Gasteiger partial charge is 0.257 e. The van der Waals surface area contributed by atoms with Gasteiger partial charge in [0.05, 0.1) is 10.6 Å². The lowest BCUT2D eigenvalue weighted by molar-refractivity contribution is -0.128. The van der Waals surface area contributed by atoms with E-state index in [-0.39, 0.29) is 11.8 Å². The number of nitrogens with zero attached hydrogens (tertiary/aromatic N) is 4. The molecule has 0 atom stereocenters. The number of hydrogen-bond acceptors (Lipinski definition) is 5. The summed E-state index contributed by atoms with van der Waals surface area (Å²) in [7, 11) is 1.93. The maximum absolute atomic E-state index is 12.7. The van der Waals surface area contributed by atoms with Gasteiger partial charge in [0.25, 0.3) is 5.91 Å². The van der Waals surface area contributed by atoms with Crippen LogP contribution in [-0.2, 0) is 18.4 Å². The van der Waals surface area contributed by atoms with E-state index in [2.05, 4.69) is 15.3 Å². The third-order valence-electron chi connectivity index (χ3n) is 4.78. The molecule has 1 fully saturated rings. The van der Waals surface area contributed by atoms with Crippen molar-refractivity contribution < 1.29 is 9.59 Å². The average molecular weight is 395 g/mol. The number of carbonyl (C=O) groups is 2. The van der Waals surface area contributed by atoms with Crippen LogP contribution in [0.15, 0.2) is 36.7 Å². The van der Waals surface area contributed by atoms with Crippen molar-refractivity contribution >= 4 is 28.3 Å². The molecule has 7 nitrogen and oxygen atoms in total. The number of rotatable bonds is 5. The zero-order valence-electron chi connectivity index (χ0n) is 15.8. The molecule has 1 N–H and O–H groups in total. The standard InChI is InChI=1S/C20H21N5O2S/c1-13-17(18-21-8-10-24(18)2)28-20(22-13)23-19(27)15-6-3-5-14(11-15)12-25-9-4-7-16(25)26/h3,5-6,8,10-11H,4,7,9,12H2,1-2H3,(H,22,23,27). The van der Waals surface area contributed by atoms with Gasteiger partial charge < -0.3 is 9.47 Å². The predicted octanol–water partition coefficient (Wildman–Crippen LogP) is 3.23.